The van der Waals surface area contributed by atoms with Crippen molar-refractivity contribution in [1.29, 1.82) is 0 Å². The van der Waals surface area contributed by atoms with E-state index in [4.69, 9.17) is 4.74 Å². The van der Waals surface area contributed by atoms with Gasteiger partial charge in [-0.1, -0.05) is 37.1 Å². The fraction of sp³-hybridized carbons (Fsp3) is 0.333. The van der Waals surface area contributed by atoms with Crippen LogP contribution in [0.4, 0.5) is 0 Å². The number of hydrogen-bond donors (Lipinski definition) is 0. The van der Waals surface area contributed by atoms with E-state index in [1.807, 2.05) is 0 Å². The highest BCUT2D eigenvalue weighted by atomic mass is 32.2. The lowest BCUT2D eigenvalue weighted by Gasteiger charge is -2.19. The Morgan fingerprint density at radius 2 is 1.56 bits per heavy atom. The summed E-state index contributed by atoms with van der Waals surface area (Å²) in [5.41, 5.74) is 1.85. The Morgan fingerprint density at radius 3 is 2.16 bits per heavy atom. The molecule has 8 heteroatoms. The zero-order chi connectivity index (χ0) is 23.0. The van der Waals surface area contributed by atoms with Gasteiger partial charge in [0.05, 0.1) is 17.6 Å². The molecule has 3 rings (SSSR count). The number of hydrogen-bond acceptors (Lipinski definition) is 6. The van der Waals surface area contributed by atoms with Gasteiger partial charge in [0, 0.05) is 19.2 Å². The van der Waals surface area contributed by atoms with Gasteiger partial charge in [0.1, 0.15) is 6.61 Å². The van der Waals surface area contributed by atoms with Crippen molar-refractivity contribution >= 4 is 28.0 Å². The van der Waals surface area contributed by atoms with Crippen LogP contribution in [0.15, 0.2) is 59.5 Å². The molecule has 0 spiro atoms. The van der Waals surface area contributed by atoms with E-state index in [9.17, 15) is 18.0 Å². The molecule has 2 aromatic carbocycles. The van der Waals surface area contributed by atoms with E-state index in [-0.39, 0.29) is 11.5 Å². The number of sulfonamides is 1. The fourth-order valence-corrected chi connectivity index (χ4v) is 4.92. The summed E-state index contributed by atoms with van der Waals surface area (Å²) in [6.07, 6.45) is 6.76. The van der Waals surface area contributed by atoms with E-state index in [0.717, 1.165) is 31.2 Å². The van der Waals surface area contributed by atoms with Gasteiger partial charge in [-0.05, 0) is 54.3 Å². The van der Waals surface area contributed by atoms with Crippen LogP contribution in [0.5, 0.6) is 0 Å². The minimum absolute atomic E-state index is 0.0671. The standard InChI is InChI=1S/C24H27NO6S/c1-30-24(27)21-11-6-20(7-12-21)18-31-23(26)15-10-19-8-13-22(14-9-19)32(28,29)25-16-4-2-3-5-17-25/h6-15H,2-5,16-18H2,1H3. The number of ether oxygens (including phenoxy) is 2. The summed E-state index contributed by atoms with van der Waals surface area (Å²) in [5, 5.41) is 0. The second-order valence-corrected chi connectivity index (χ2v) is 9.45. The third kappa shape index (κ3) is 6.27. The predicted molar refractivity (Wildman–Crippen MR) is 120 cm³/mol. The summed E-state index contributed by atoms with van der Waals surface area (Å²) in [6.45, 7) is 1.18. The number of rotatable bonds is 7. The summed E-state index contributed by atoms with van der Waals surface area (Å²) in [7, 11) is -2.18. The number of benzene rings is 2. The second kappa shape index (κ2) is 11.1. The SMILES string of the molecule is COC(=O)c1ccc(COC(=O)C=Cc2ccc(S(=O)(=O)N3CCCCCC3)cc2)cc1. The van der Waals surface area contributed by atoms with Gasteiger partial charge < -0.3 is 9.47 Å². The van der Waals surface area contributed by atoms with Crippen LogP contribution in [0.3, 0.4) is 0 Å². The third-order valence-corrected chi connectivity index (χ3v) is 7.16. The molecule has 0 saturated carbocycles. The van der Waals surface area contributed by atoms with Crippen molar-refractivity contribution in [3.63, 3.8) is 0 Å². The molecular weight excluding hydrogens is 430 g/mol. The maximum atomic E-state index is 12.8. The number of esters is 2. The van der Waals surface area contributed by atoms with Crippen LogP contribution >= 0.6 is 0 Å². The van der Waals surface area contributed by atoms with Gasteiger partial charge in [0.2, 0.25) is 10.0 Å². The van der Waals surface area contributed by atoms with Crippen LogP contribution in [0, 0.1) is 0 Å². The molecule has 1 fully saturated rings. The Labute approximate surface area is 188 Å². The summed E-state index contributed by atoms with van der Waals surface area (Å²) in [4.78, 5) is 23.7. The average molecular weight is 458 g/mol. The Morgan fingerprint density at radius 1 is 0.938 bits per heavy atom. The zero-order valence-electron chi connectivity index (χ0n) is 18.0. The normalized spacial score (nSPS) is 15.3. The molecule has 7 nitrogen and oxygen atoms in total. The molecule has 0 amide bonds. The van der Waals surface area contributed by atoms with Crippen molar-refractivity contribution < 1.29 is 27.5 Å². The molecule has 0 aliphatic carbocycles. The first-order valence-corrected chi connectivity index (χ1v) is 12.0. The maximum absolute atomic E-state index is 12.8. The van der Waals surface area contributed by atoms with Crippen LogP contribution in [0.2, 0.25) is 0 Å². The van der Waals surface area contributed by atoms with Crippen molar-refractivity contribution in [3.05, 3.63) is 71.3 Å². The van der Waals surface area contributed by atoms with E-state index in [1.165, 1.54) is 13.2 Å². The number of nitrogens with zero attached hydrogens (tertiary/aromatic N) is 1. The molecular formula is C24H27NO6S. The summed E-state index contributed by atoms with van der Waals surface area (Å²) in [5.74, 6) is -0.954. The van der Waals surface area contributed by atoms with Crippen LogP contribution in [-0.4, -0.2) is 44.9 Å². The molecule has 170 valence electrons. The number of carbonyl (C=O) groups excluding carboxylic acids is 2. The highest BCUT2D eigenvalue weighted by molar-refractivity contribution is 7.89. The molecule has 0 N–H and O–H groups in total. The van der Waals surface area contributed by atoms with Gasteiger partial charge in [-0.25, -0.2) is 18.0 Å². The van der Waals surface area contributed by atoms with Gasteiger partial charge in [-0.3, -0.25) is 0 Å². The van der Waals surface area contributed by atoms with E-state index in [2.05, 4.69) is 4.74 Å². The van der Waals surface area contributed by atoms with Crippen LogP contribution in [0.1, 0.15) is 47.2 Å². The van der Waals surface area contributed by atoms with Crippen LogP contribution in [0.25, 0.3) is 6.08 Å². The highest BCUT2D eigenvalue weighted by Crippen LogP contribution is 2.21. The average Bonchev–Trinajstić information content (AvgIpc) is 3.12. The fourth-order valence-electron chi connectivity index (χ4n) is 3.40. The summed E-state index contributed by atoms with van der Waals surface area (Å²) < 4.78 is 37.0. The van der Waals surface area contributed by atoms with Crippen LogP contribution < -0.4 is 0 Å². The van der Waals surface area contributed by atoms with Crippen LogP contribution in [-0.2, 0) is 30.9 Å². The molecule has 0 aromatic heterocycles. The van der Waals surface area contributed by atoms with Gasteiger partial charge in [0.25, 0.3) is 0 Å². The highest BCUT2D eigenvalue weighted by Gasteiger charge is 2.24. The molecule has 1 aliphatic heterocycles. The van der Waals surface area contributed by atoms with Crippen molar-refractivity contribution in [3.8, 4) is 0 Å². The minimum Gasteiger partial charge on any atom is -0.465 e. The van der Waals surface area contributed by atoms with Crippen molar-refractivity contribution in [2.75, 3.05) is 20.2 Å². The quantitative estimate of drug-likeness (QED) is 0.464. The van der Waals surface area contributed by atoms with Crippen molar-refractivity contribution in [1.82, 2.24) is 4.31 Å². The largest absolute Gasteiger partial charge is 0.465 e. The monoisotopic (exact) mass is 457 g/mol. The molecule has 1 heterocycles. The van der Waals surface area contributed by atoms with Gasteiger partial charge in [-0.15, -0.1) is 0 Å². The van der Waals surface area contributed by atoms with Gasteiger partial charge in [0.15, 0.2) is 0 Å². The number of methoxy groups -OCH3 is 1. The molecule has 1 saturated heterocycles. The Bertz CT molecular complexity index is 1050. The minimum atomic E-state index is -3.49. The van der Waals surface area contributed by atoms with E-state index in [1.54, 1.807) is 58.9 Å². The van der Waals surface area contributed by atoms with Gasteiger partial charge >= 0.3 is 11.9 Å². The molecule has 0 unspecified atom stereocenters. The van der Waals surface area contributed by atoms with Crippen molar-refractivity contribution in [2.24, 2.45) is 0 Å². The number of carbonyl (C=O) groups is 2. The first-order valence-electron chi connectivity index (χ1n) is 10.5. The topological polar surface area (TPSA) is 90.0 Å². The molecule has 32 heavy (non-hydrogen) atoms. The zero-order valence-corrected chi connectivity index (χ0v) is 18.8. The van der Waals surface area contributed by atoms with Crippen molar-refractivity contribution in [2.45, 2.75) is 37.2 Å². The molecule has 0 atom stereocenters. The first-order chi connectivity index (χ1) is 15.4. The molecule has 0 radical (unpaired) electrons. The van der Waals surface area contributed by atoms with E-state index in [0.29, 0.717) is 24.2 Å². The molecule has 2 aromatic rings. The third-order valence-electron chi connectivity index (χ3n) is 5.25. The van der Waals surface area contributed by atoms with E-state index >= 15 is 0 Å². The summed E-state index contributed by atoms with van der Waals surface area (Å²) in [6, 6.07) is 13.0. The van der Waals surface area contributed by atoms with E-state index < -0.39 is 22.0 Å². The smallest absolute Gasteiger partial charge is 0.337 e. The summed E-state index contributed by atoms with van der Waals surface area (Å²) >= 11 is 0. The maximum Gasteiger partial charge on any atom is 0.337 e. The first kappa shape index (κ1) is 23.7. The Kier molecular flexibility index (Phi) is 8.19. The Hall–Kier alpha value is -2.97. The molecule has 1 aliphatic rings. The van der Waals surface area contributed by atoms with Gasteiger partial charge in [-0.2, -0.15) is 4.31 Å². The second-order valence-electron chi connectivity index (χ2n) is 7.52. The predicted octanol–water partition coefficient (Wildman–Crippen LogP) is 3.79. The lowest BCUT2D eigenvalue weighted by molar-refractivity contribution is -0.138. The molecule has 0 bridgehead atoms. The Balaban J connectivity index is 1.54. The lowest BCUT2D eigenvalue weighted by Crippen LogP contribution is -2.31. The lowest BCUT2D eigenvalue weighted by atomic mass is 10.1.